The lowest BCUT2D eigenvalue weighted by Crippen LogP contribution is -2.37. The SMILES string of the molecule is CC(CCCC(=O)O)NC(=O)c1c[nH]c(=O)[nH]c1=O. The van der Waals surface area contributed by atoms with E-state index in [1.54, 1.807) is 6.92 Å². The molecule has 19 heavy (non-hydrogen) atoms. The Balaban J connectivity index is 2.57. The third-order valence-corrected chi connectivity index (χ3v) is 2.47. The van der Waals surface area contributed by atoms with Gasteiger partial charge in [-0.25, -0.2) is 4.79 Å². The monoisotopic (exact) mass is 269 g/mol. The maximum absolute atomic E-state index is 11.7. The molecule has 1 heterocycles. The van der Waals surface area contributed by atoms with Gasteiger partial charge in [0.25, 0.3) is 11.5 Å². The largest absolute Gasteiger partial charge is 0.481 e. The fourth-order valence-corrected chi connectivity index (χ4v) is 1.51. The number of aromatic nitrogens is 2. The van der Waals surface area contributed by atoms with Crippen LogP contribution in [0.1, 0.15) is 36.5 Å². The number of hydrogen-bond donors (Lipinski definition) is 4. The third kappa shape index (κ3) is 4.78. The Morgan fingerprint density at radius 1 is 1.42 bits per heavy atom. The Morgan fingerprint density at radius 3 is 2.68 bits per heavy atom. The van der Waals surface area contributed by atoms with E-state index in [-0.39, 0.29) is 18.0 Å². The van der Waals surface area contributed by atoms with E-state index in [1.807, 2.05) is 4.98 Å². The number of nitrogens with one attached hydrogen (secondary N) is 3. The van der Waals surface area contributed by atoms with E-state index >= 15 is 0 Å². The third-order valence-electron chi connectivity index (χ3n) is 2.47. The van der Waals surface area contributed by atoms with Crippen LogP contribution in [-0.2, 0) is 4.79 Å². The van der Waals surface area contributed by atoms with E-state index in [0.717, 1.165) is 6.20 Å². The van der Waals surface area contributed by atoms with Gasteiger partial charge in [-0.05, 0) is 19.8 Å². The molecule has 104 valence electrons. The van der Waals surface area contributed by atoms with Crippen LogP contribution in [0.3, 0.4) is 0 Å². The van der Waals surface area contributed by atoms with Gasteiger partial charge >= 0.3 is 11.7 Å². The molecule has 0 saturated carbocycles. The summed E-state index contributed by atoms with van der Waals surface area (Å²) in [7, 11) is 0. The normalized spacial score (nSPS) is 11.8. The summed E-state index contributed by atoms with van der Waals surface area (Å²) in [5.74, 6) is -1.50. The molecule has 8 heteroatoms. The van der Waals surface area contributed by atoms with Gasteiger partial charge in [0.15, 0.2) is 0 Å². The summed E-state index contributed by atoms with van der Waals surface area (Å²) >= 11 is 0. The number of carbonyl (C=O) groups excluding carboxylic acids is 1. The molecule has 4 N–H and O–H groups in total. The minimum absolute atomic E-state index is 0.0272. The first-order valence-corrected chi connectivity index (χ1v) is 5.75. The van der Waals surface area contributed by atoms with Crippen molar-refractivity contribution in [1.29, 1.82) is 0 Å². The number of hydrogen-bond acceptors (Lipinski definition) is 4. The zero-order chi connectivity index (χ0) is 14.4. The summed E-state index contributed by atoms with van der Waals surface area (Å²) in [5.41, 5.74) is -1.64. The van der Waals surface area contributed by atoms with Gasteiger partial charge in [-0.15, -0.1) is 0 Å². The van der Waals surface area contributed by atoms with Crippen molar-refractivity contribution in [2.75, 3.05) is 0 Å². The highest BCUT2D eigenvalue weighted by Gasteiger charge is 2.13. The fraction of sp³-hybridized carbons (Fsp3) is 0.455. The summed E-state index contributed by atoms with van der Waals surface area (Å²) in [6.07, 6.45) is 1.98. The molecule has 0 aromatic carbocycles. The highest BCUT2D eigenvalue weighted by atomic mass is 16.4. The average Bonchev–Trinajstić information content (AvgIpc) is 2.27. The number of carboxylic acids is 1. The zero-order valence-corrected chi connectivity index (χ0v) is 10.4. The van der Waals surface area contributed by atoms with E-state index in [9.17, 15) is 19.2 Å². The molecule has 1 rings (SSSR count). The molecular formula is C11H15N3O5. The van der Waals surface area contributed by atoms with Crippen molar-refractivity contribution in [3.63, 3.8) is 0 Å². The quantitative estimate of drug-likeness (QED) is 0.549. The second kappa shape index (κ2) is 6.53. The molecule has 8 nitrogen and oxygen atoms in total. The molecule has 0 bridgehead atoms. The average molecular weight is 269 g/mol. The molecule has 1 aromatic rings. The first-order valence-electron chi connectivity index (χ1n) is 5.75. The van der Waals surface area contributed by atoms with Crippen molar-refractivity contribution in [3.05, 3.63) is 32.6 Å². The fourth-order valence-electron chi connectivity index (χ4n) is 1.51. The van der Waals surface area contributed by atoms with Crippen LogP contribution >= 0.6 is 0 Å². The van der Waals surface area contributed by atoms with Crippen molar-refractivity contribution in [2.24, 2.45) is 0 Å². The number of H-pyrrole nitrogens is 2. The van der Waals surface area contributed by atoms with Crippen LogP contribution in [-0.4, -0.2) is 33.0 Å². The molecule has 0 aliphatic heterocycles. The first-order chi connectivity index (χ1) is 8.90. The van der Waals surface area contributed by atoms with Crippen molar-refractivity contribution in [1.82, 2.24) is 15.3 Å². The van der Waals surface area contributed by atoms with Crippen molar-refractivity contribution in [3.8, 4) is 0 Å². The van der Waals surface area contributed by atoms with Crippen molar-refractivity contribution < 1.29 is 14.7 Å². The minimum atomic E-state index is -0.893. The van der Waals surface area contributed by atoms with Gasteiger partial charge in [0, 0.05) is 18.7 Å². The minimum Gasteiger partial charge on any atom is -0.481 e. The van der Waals surface area contributed by atoms with Crippen molar-refractivity contribution in [2.45, 2.75) is 32.2 Å². The Bertz CT molecular complexity index is 574. The maximum Gasteiger partial charge on any atom is 0.325 e. The highest BCUT2D eigenvalue weighted by Crippen LogP contribution is 2.01. The predicted octanol–water partition coefficient (Wildman–Crippen LogP) is -0.564. The van der Waals surface area contributed by atoms with Crippen molar-refractivity contribution >= 4 is 11.9 Å². The molecular weight excluding hydrogens is 254 g/mol. The number of amides is 1. The highest BCUT2D eigenvalue weighted by molar-refractivity contribution is 5.93. The molecule has 1 amide bonds. The lowest BCUT2D eigenvalue weighted by atomic mass is 10.1. The second-order valence-corrected chi connectivity index (χ2v) is 4.15. The molecule has 0 aliphatic rings. The number of aromatic amines is 2. The summed E-state index contributed by atoms with van der Waals surface area (Å²) in [6, 6.07) is -0.266. The molecule has 0 spiro atoms. The standard InChI is InChI=1S/C11H15N3O5/c1-6(3-2-4-8(15)16)13-9(17)7-5-12-11(19)14-10(7)18/h5-6H,2-4H2,1H3,(H,13,17)(H,15,16)(H2,12,14,18,19). The molecule has 0 aliphatic carbocycles. The Hall–Kier alpha value is -2.38. The number of rotatable bonds is 6. The number of carboxylic acid groups (broad SMARTS) is 1. The predicted molar refractivity (Wildman–Crippen MR) is 66.1 cm³/mol. The van der Waals surface area contributed by atoms with Crippen LogP contribution in [0.25, 0.3) is 0 Å². The van der Waals surface area contributed by atoms with Gasteiger partial charge in [-0.1, -0.05) is 0 Å². The first kappa shape index (κ1) is 14.7. The van der Waals surface area contributed by atoms with Crippen LogP contribution in [0.4, 0.5) is 0 Å². The van der Waals surface area contributed by atoms with Gasteiger partial charge in [0.1, 0.15) is 5.56 Å². The Morgan fingerprint density at radius 2 is 2.11 bits per heavy atom. The lowest BCUT2D eigenvalue weighted by molar-refractivity contribution is -0.137. The van der Waals surface area contributed by atoms with Gasteiger partial charge in [-0.2, -0.15) is 0 Å². The van der Waals surface area contributed by atoms with E-state index < -0.39 is 23.1 Å². The molecule has 0 fully saturated rings. The Labute approximate surface area is 107 Å². The van der Waals surface area contributed by atoms with Crippen LogP contribution < -0.4 is 16.6 Å². The van der Waals surface area contributed by atoms with Gasteiger partial charge in [0.05, 0.1) is 0 Å². The second-order valence-electron chi connectivity index (χ2n) is 4.15. The van der Waals surface area contributed by atoms with Crippen LogP contribution in [0.15, 0.2) is 15.8 Å². The van der Waals surface area contributed by atoms with Gasteiger partial charge < -0.3 is 15.4 Å². The van der Waals surface area contributed by atoms with E-state index in [2.05, 4.69) is 10.3 Å². The lowest BCUT2D eigenvalue weighted by Gasteiger charge is -2.12. The summed E-state index contributed by atoms with van der Waals surface area (Å²) in [5, 5.41) is 11.0. The molecule has 1 unspecified atom stereocenters. The smallest absolute Gasteiger partial charge is 0.325 e. The van der Waals surface area contributed by atoms with Crippen LogP contribution in [0, 0.1) is 0 Å². The van der Waals surface area contributed by atoms with Gasteiger partial charge in [0.2, 0.25) is 0 Å². The van der Waals surface area contributed by atoms with Crippen LogP contribution in [0.2, 0.25) is 0 Å². The zero-order valence-electron chi connectivity index (χ0n) is 10.4. The van der Waals surface area contributed by atoms with Crippen LogP contribution in [0.5, 0.6) is 0 Å². The van der Waals surface area contributed by atoms with E-state index in [1.165, 1.54) is 0 Å². The Kier molecular flexibility index (Phi) is 5.04. The molecule has 0 radical (unpaired) electrons. The molecule has 1 aromatic heterocycles. The summed E-state index contributed by atoms with van der Waals surface area (Å²) in [4.78, 5) is 48.3. The molecule has 1 atom stereocenters. The van der Waals surface area contributed by atoms with Gasteiger partial charge in [-0.3, -0.25) is 19.4 Å². The summed E-state index contributed by atoms with van der Waals surface area (Å²) in [6.45, 7) is 1.71. The van der Waals surface area contributed by atoms with E-state index in [4.69, 9.17) is 5.11 Å². The topological polar surface area (TPSA) is 132 Å². The molecule has 0 saturated heterocycles. The number of carbonyl (C=O) groups is 2. The van der Waals surface area contributed by atoms with E-state index in [0.29, 0.717) is 12.8 Å². The maximum atomic E-state index is 11.7. The number of aliphatic carboxylic acids is 1. The summed E-state index contributed by atoms with van der Waals surface area (Å²) < 4.78 is 0.